The summed E-state index contributed by atoms with van der Waals surface area (Å²) in [5, 5.41) is 16.2. The van der Waals surface area contributed by atoms with E-state index in [1.165, 1.54) is 18.2 Å². The molecular formula is C16H14ClN3O3S. The van der Waals surface area contributed by atoms with Gasteiger partial charge >= 0.3 is 0 Å². The van der Waals surface area contributed by atoms with Crippen molar-refractivity contribution in [2.75, 3.05) is 5.32 Å². The van der Waals surface area contributed by atoms with Crippen molar-refractivity contribution in [1.82, 2.24) is 5.32 Å². The standard InChI is InChI=1S/C16H14ClN3O3S/c1-10-4-2-3-5-11(10)8-15(21)19-16(24)18-14-7-6-12(20(22)23)9-13(14)17/h2-7,9H,8H2,1H3,(H2,18,19,21,24). The number of thiocarbonyl (C=S) groups is 1. The number of nitro groups is 1. The fourth-order valence-electron chi connectivity index (χ4n) is 2.02. The second-order valence-electron chi connectivity index (χ2n) is 5.03. The average Bonchev–Trinajstić information content (AvgIpc) is 2.51. The molecule has 0 bridgehead atoms. The van der Waals surface area contributed by atoms with E-state index in [4.69, 9.17) is 23.8 Å². The van der Waals surface area contributed by atoms with Crippen molar-refractivity contribution < 1.29 is 9.72 Å². The lowest BCUT2D eigenvalue weighted by Crippen LogP contribution is -2.35. The van der Waals surface area contributed by atoms with Crippen LogP contribution in [0.5, 0.6) is 0 Å². The summed E-state index contributed by atoms with van der Waals surface area (Å²) in [6, 6.07) is 11.5. The summed E-state index contributed by atoms with van der Waals surface area (Å²) in [6.45, 7) is 1.93. The van der Waals surface area contributed by atoms with Crippen LogP contribution in [-0.2, 0) is 11.2 Å². The molecule has 0 unspecified atom stereocenters. The summed E-state index contributed by atoms with van der Waals surface area (Å²) in [6.07, 6.45) is 0.197. The number of carbonyl (C=O) groups is 1. The first-order valence-corrected chi connectivity index (χ1v) is 7.74. The summed E-state index contributed by atoms with van der Waals surface area (Å²) in [4.78, 5) is 22.2. The normalized spacial score (nSPS) is 10.1. The zero-order valence-corrected chi connectivity index (χ0v) is 14.3. The lowest BCUT2D eigenvalue weighted by molar-refractivity contribution is -0.384. The zero-order chi connectivity index (χ0) is 17.7. The smallest absolute Gasteiger partial charge is 0.271 e. The number of nitrogens with one attached hydrogen (secondary N) is 2. The Morgan fingerprint density at radius 3 is 2.62 bits per heavy atom. The van der Waals surface area contributed by atoms with Crippen LogP contribution in [0.3, 0.4) is 0 Å². The van der Waals surface area contributed by atoms with Crippen LogP contribution in [0.15, 0.2) is 42.5 Å². The number of hydrogen-bond acceptors (Lipinski definition) is 4. The number of anilines is 1. The molecule has 2 rings (SSSR count). The van der Waals surface area contributed by atoms with E-state index in [1.54, 1.807) is 0 Å². The van der Waals surface area contributed by atoms with E-state index in [1.807, 2.05) is 31.2 Å². The summed E-state index contributed by atoms with van der Waals surface area (Å²) in [7, 11) is 0. The first-order valence-electron chi connectivity index (χ1n) is 6.96. The maximum Gasteiger partial charge on any atom is 0.271 e. The van der Waals surface area contributed by atoms with E-state index in [0.29, 0.717) is 5.69 Å². The van der Waals surface area contributed by atoms with Gasteiger partial charge in [0.2, 0.25) is 5.91 Å². The molecule has 0 aliphatic rings. The molecule has 0 atom stereocenters. The molecule has 0 saturated heterocycles. The summed E-state index contributed by atoms with van der Waals surface area (Å²) < 4.78 is 0. The Bertz CT molecular complexity index is 811. The first-order chi connectivity index (χ1) is 11.4. The maximum atomic E-state index is 12.0. The number of hydrogen-bond donors (Lipinski definition) is 2. The number of carbonyl (C=O) groups excluding carboxylic acids is 1. The molecule has 0 aromatic heterocycles. The van der Waals surface area contributed by atoms with Gasteiger partial charge in [0, 0.05) is 12.1 Å². The van der Waals surface area contributed by atoms with Crippen LogP contribution in [0, 0.1) is 17.0 Å². The lowest BCUT2D eigenvalue weighted by Gasteiger charge is -2.11. The highest BCUT2D eigenvalue weighted by atomic mass is 35.5. The molecule has 0 aliphatic heterocycles. The second-order valence-corrected chi connectivity index (χ2v) is 5.84. The van der Waals surface area contributed by atoms with Gasteiger partial charge in [-0.15, -0.1) is 0 Å². The topological polar surface area (TPSA) is 84.3 Å². The van der Waals surface area contributed by atoms with Gasteiger partial charge in [-0.3, -0.25) is 14.9 Å². The van der Waals surface area contributed by atoms with Crippen molar-refractivity contribution in [2.45, 2.75) is 13.3 Å². The Morgan fingerprint density at radius 1 is 1.29 bits per heavy atom. The Kier molecular flexibility index (Phi) is 5.83. The van der Waals surface area contributed by atoms with Crippen LogP contribution >= 0.6 is 23.8 Å². The van der Waals surface area contributed by atoms with Crippen molar-refractivity contribution in [3.05, 3.63) is 68.7 Å². The minimum Gasteiger partial charge on any atom is -0.331 e. The molecule has 124 valence electrons. The fourth-order valence-corrected chi connectivity index (χ4v) is 2.47. The largest absolute Gasteiger partial charge is 0.331 e. The zero-order valence-electron chi connectivity index (χ0n) is 12.7. The van der Waals surface area contributed by atoms with Gasteiger partial charge in [-0.25, -0.2) is 0 Å². The lowest BCUT2D eigenvalue weighted by atomic mass is 10.1. The predicted molar refractivity (Wildman–Crippen MR) is 97.4 cm³/mol. The fraction of sp³-hybridized carbons (Fsp3) is 0.125. The number of nitrogens with zero attached hydrogens (tertiary/aromatic N) is 1. The van der Waals surface area contributed by atoms with Gasteiger partial charge in [-0.2, -0.15) is 0 Å². The summed E-state index contributed by atoms with van der Waals surface area (Å²) >= 11 is 11.0. The predicted octanol–water partition coefficient (Wildman–Crippen LogP) is 3.61. The molecule has 0 radical (unpaired) electrons. The van der Waals surface area contributed by atoms with Crippen LogP contribution in [0.2, 0.25) is 5.02 Å². The van der Waals surface area contributed by atoms with Crippen molar-refractivity contribution in [3.8, 4) is 0 Å². The molecule has 0 aliphatic carbocycles. The van der Waals surface area contributed by atoms with Gasteiger partial charge in [0.15, 0.2) is 5.11 Å². The maximum absolute atomic E-state index is 12.0. The number of non-ortho nitro benzene ring substituents is 1. The van der Waals surface area contributed by atoms with Crippen molar-refractivity contribution in [3.63, 3.8) is 0 Å². The highest BCUT2D eigenvalue weighted by Crippen LogP contribution is 2.26. The van der Waals surface area contributed by atoms with Crippen LogP contribution in [0.25, 0.3) is 0 Å². The Labute approximate surface area is 149 Å². The third-order valence-electron chi connectivity index (χ3n) is 3.28. The van der Waals surface area contributed by atoms with E-state index >= 15 is 0 Å². The van der Waals surface area contributed by atoms with E-state index in [2.05, 4.69) is 10.6 Å². The van der Waals surface area contributed by atoms with Crippen molar-refractivity contribution in [1.29, 1.82) is 0 Å². The Balaban J connectivity index is 1.97. The molecule has 0 spiro atoms. The van der Waals surface area contributed by atoms with Crippen LogP contribution in [-0.4, -0.2) is 15.9 Å². The molecule has 6 nitrogen and oxygen atoms in total. The molecule has 2 aromatic carbocycles. The van der Waals surface area contributed by atoms with Gasteiger partial charge in [0.25, 0.3) is 5.69 Å². The molecule has 0 saturated carbocycles. The molecular weight excluding hydrogens is 350 g/mol. The van der Waals surface area contributed by atoms with Gasteiger partial charge in [0.1, 0.15) is 0 Å². The molecule has 0 fully saturated rings. The number of halogens is 1. The van der Waals surface area contributed by atoms with Crippen LogP contribution < -0.4 is 10.6 Å². The van der Waals surface area contributed by atoms with Crippen molar-refractivity contribution >= 4 is 46.2 Å². The molecule has 8 heteroatoms. The second kappa shape index (κ2) is 7.85. The number of aryl methyl sites for hydroxylation is 1. The molecule has 2 aromatic rings. The summed E-state index contributed by atoms with van der Waals surface area (Å²) in [5.41, 5.74) is 2.18. The molecule has 2 N–H and O–H groups in total. The number of nitro benzene ring substituents is 1. The monoisotopic (exact) mass is 363 g/mol. The number of amides is 1. The van der Waals surface area contributed by atoms with Crippen LogP contribution in [0.4, 0.5) is 11.4 Å². The third kappa shape index (κ3) is 4.74. The average molecular weight is 364 g/mol. The minimum atomic E-state index is -0.544. The molecule has 24 heavy (non-hydrogen) atoms. The van der Waals surface area contributed by atoms with Gasteiger partial charge in [-0.1, -0.05) is 35.9 Å². The highest BCUT2D eigenvalue weighted by Gasteiger charge is 2.12. The third-order valence-corrected chi connectivity index (χ3v) is 3.79. The Hall–Kier alpha value is -2.51. The Morgan fingerprint density at radius 2 is 2.00 bits per heavy atom. The quantitative estimate of drug-likeness (QED) is 0.492. The van der Waals surface area contributed by atoms with Gasteiger partial charge < -0.3 is 10.6 Å². The van der Waals surface area contributed by atoms with E-state index < -0.39 is 4.92 Å². The molecule has 0 heterocycles. The SMILES string of the molecule is Cc1ccccc1CC(=O)NC(=S)Nc1ccc([N+](=O)[O-])cc1Cl. The first kappa shape index (κ1) is 17.8. The van der Waals surface area contributed by atoms with Crippen molar-refractivity contribution in [2.24, 2.45) is 0 Å². The number of benzene rings is 2. The van der Waals surface area contributed by atoms with E-state index in [-0.39, 0.29) is 28.2 Å². The number of rotatable bonds is 4. The van der Waals surface area contributed by atoms with E-state index in [0.717, 1.165) is 11.1 Å². The van der Waals surface area contributed by atoms with Gasteiger partial charge in [0.05, 0.1) is 22.1 Å². The summed E-state index contributed by atoms with van der Waals surface area (Å²) in [5.74, 6) is -0.264. The molecule has 1 amide bonds. The van der Waals surface area contributed by atoms with Gasteiger partial charge in [-0.05, 0) is 36.3 Å². The van der Waals surface area contributed by atoms with Crippen LogP contribution in [0.1, 0.15) is 11.1 Å². The minimum absolute atomic E-state index is 0.0735. The van der Waals surface area contributed by atoms with E-state index in [9.17, 15) is 14.9 Å². The highest BCUT2D eigenvalue weighted by molar-refractivity contribution is 7.80.